The molecule has 1 heterocycles. The van der Waals surface area contributed by atoms with Crippen molar-refractivity contribution in [3.05, 3.63) is 12.7 Å². The molecule has 0 aromatic rings. The number of nitrogens with zero attached hydrogens (tertiary/aromatic N) is 1. The van der Waals surface area contributed by atoms with E-state index in [4.69, 9.17) is 5.11 Å². The number of aliphatic carboxylic acids is 1. The van der Waals surface area contributed by atoms with Crippen LogP contribution in [-0.4, -0.2) is 46.0 Å². The minimum absolute atomic E-state index is 0.0771. The molecule has 1 rings (SSSR count). The van der Waals surface area contributed by atoms with Crippen LogP contribution in [0.1, 0.15) is 12.8 Å². The molecule has 1 atom stereocenters. The molecular weight excluding hydrogens is 214 g/mol. The van der Waals surface area contributed by atoms with E-state index < -0.39 is 12.0 Å². The SMILES string of the molecule is C=CCSCC(=O)N1CCCC1C(=O)O. The molecule has 1 amide bonds. The Labute approximate surface area is 93.3 Å². The number of carboxylic acids is 1. The zero-order valence-corrected chi connectivity index (χ0v) is 9.33. The Bertz CT molecular complexity index is 267. The summed E-state index contributed by atoms with van der Waals surface area (Å²) in [6, 6.07) is -0.609. The molecule has 5 heteroatoms. The molecule has 0 bridgehead atoms. The van der Waals surface area contributed by atoms with E-state index >= 15 is 0 Å². The fourth-order valence-electron chi connectivity index (χ4n) is 1.63. The van der Waals surface area contributed by atoms with Crippen LogP contribution in [-0.2, 0) is 9.59 Å². The van der Waals surface area contributed by atoms with Gasteiger partial charge in [0.05, 0.1) is 5.75 Å². The van der Waals surface area contributed by atoms with Crippen molar-refractivity contribution in [2.45, 2.75) is 18.9 Å². The molecule has 0 aromatic heterocycles. The Kier molecular flexibility index (Phi) is 4.68. The Morgan fingerprint density at radius 2 is 2.33 bits per heavy atom. The summed E-state index contributed by atoms with van der Waals surface area (Å²) in [5.41, 5.74) is 0. The summed E-state index contributed by atoms with van der Waals surface area (Å²) in [4.78, 5) is 23.9. The van der Waals surface area contributed by atoms with Crippen molar-refractivity contribution in [2.24, 2.45) is 0 Å². The van der Waals surface area contributed by atoms with Gasteiger partial charge in [0.15, 0.2) is 0 Å². The lowest BCUT2D eigenvalue weighted by atomic mass is 10.2. The lowest BCUT2D eigenvalue weighted by molar-refractivity contribution is -0.147. The Hall–Kier alpha value is -0.970. The minimum atomic E-state index is -0.894. The number of amides is 1. The van der Waals surface area contributed by atoms with Crippen molar-refractivity contribution < 1.29 is 14.7 Å². The highest BCUT2D eigenvalue weighted by Gasteiger charge is 2.33. The molecule has 0 aromatic carbocycles. The topological polar surface area (TPSA) is 57.6 Å². The third-order valence-electron chi connectivity index (χ3n) is 2.32. The van der Waals surface area contributed by atoms with Gasteiger partial charge in [0, 0.05) is 12.3 Å². The van der Waals surface area contributed by atoms with Crippen molar-refractivity contribution in [1.82, 2.24) is 4.90 Å². The highest BCUT2D eigenvalue weighted by atomic mass is 32.2. The number of carbonyl (C=O) groups excluding carboxylic acids is 1. The standard InChI is InChI=1S/C10H15NO3S/c1-2-6-15-7-9(12)11-5-3-4-8(11)10(13)14/h2,8H,1,3-7H2,(H,13,14). The van der Waals surface area contributed by atoms with Gasteiger partial charge in [-0.25, -0.2) is 4.79 Å². The molecule has 1 fully saturated rings. The lowest BCUT2D eigenvalue weighted by Gasteiger charge is -2.20. The number of likely N-dealkylation sites (tertiary alicyclic amines) is 1. The van der Waals surface area contributed by atoms with Crippen molar-refractivity contribution in [2.75, 3.05) is 18.1 Å². The molecular formula is C10H15NO3S. The molecule has 0 saturated carbocycles. The maximum atomic E-state index is 11.6. The first-order valence-corrected chi connectivity index (χ1v) is 6.03. The largest absolute Gasteiger partial charge is 0.480 e. The third-order valence-corrected chi connectivity index (χ3v) is 3.24. The molecule has 84 valence electrons. The summed E-state index contributed by atoms with van der Waals surface area (Å²) < 4.78 is 0. The average Bonchev–Trinajstić information content (AvgIpc) is 2.66. The van der Waals surface area contributed by atoms with E-state index in [1.54, 1.807) is 6.08 Å². The second-order valence-electron chi connectivity index (χ2n) is 3.39. The van der Waals surface area contributed by atoms with Gasteiger partial charge in [-0.15, -0.1) is 18.3 Å². The van der Waals surface area contributed by atoms with Crippen LogP contribution in [0.3, 0.4) is 0 Å². The fourth-order valence-corrected chi connectivity index (χ4v) is 2.26. The van der Waals surface area contributed by atoms with Gasteiger partial charge < -0.3 is 10.0 Å². The molecule has 1 unspecified atom stereocenters. The number of carbonyl (C=O) groups is 2. The van der Waals surface area contributed by atoms with Crippen molar-refractivity contribution in [3.8, 4) is 0 Å². The highest BCUT2D eigenvalue weighted by Crippen LogP contribution is 2.18. The van der Waals surface area contributed by atoms with Crippen LogP contribution in [0, 0.1) is 0 Å². The zero-order valence-electron chi connectivity index (χ0n) is 8.52. The minimum Gasteiger partial charge on any atom is -0.480 e. The van der Waals surface area contributed by atoms with Crippen molar-refractivity contribution in [1.29, 1.82) is 0 Å². The molecule has 1 aliphatic rings. The quantitative estimate of drug-likeness (QED) is 0.564. The van der Waals surface area contributed by atoms with E-state index in [1.807, 2.05) is 0 Å². The average molecular weight is 229 g/mol. The number of rotatable bonds is 5. The first kappa shape index (κ1) is 12.1. The van der Waals surface area contributed by atoms with Crippen LogP contribution in [0.25, 0.3) is 0 Å². The summed E-state index contributed by atoms with van der Waals surface area (Å²) >= 11 is 1.46. The van der Waals surface area contributed by atoms with Gasteiger partial charge in [0.25, 0.3) is 0 Å². The normalized spacial score (nSPS) is 20.3. The third kappa shape index (κ3) is 3.27. The first-order chi connectivity index (χ1) is 7.16. The van der Waals surface area contributed by atoms with Gasteiger partial charge >= 0.3 is 5.97 Å². The molecule has 1 saturated heterocycles. The Morgan fingerprint density at radius 3 is 2.93 bits per heavy atom. The maximum absolute atomic E-state index is 11.6. The molecule has 4 nitrogen and oxygen atoms in total. The predicted molar refractivity (Wildman–Crippen MR) is 59.9 cm³/mol. The number of thioether (sulfide) groups is 1. The molecule has 1 N–H and O–H groups in total. The number of hydrogen-bond donors (Lipinski definition) is 1. The fraction of sp³-hybridized carbons (Fsp3) is 0.600. The van der Waals surface area contributed by atoms with E-state index in [0.717, 1.165) is 12.2 Å². The lowest BCUT2D eigenvalue weighted by Crippen LogP contribution is -2.41. The molecule has 0 spiro atoms. The predicted octanol–water partition coefficient (Wildman–Crippen LogP) is 0.981. The molecule has 0 radical (unpaired) electrons. The summed E-state index contributed by atoms with van der Waals surface area (Å²) in [5, 5.41) is 8.89. The van der Waals surface area contributed by atoms with Gasteiger partial charge in [-0.1, -0.05) is 6.08 Å². The van der Waals surface area contributed by atoms with E-state index in [0.29, 0.717) is 18.7 Å². The highest BCUT2D eigenvalue weighted by molar-refractivity contribution is 8.00. The second kappa shape index (κ2) is 5.80. The zero-order chi connectivity index (χ0) is 11.3. The smallest absolute Gasteiger partial charge is 0.326 e. The molecule has 15 heavy (non-hydrogen) atoms. The van der Waals surface area contributed by atoms with Crippen molar-refractivity contribution in [3.63, 3.8) is 0 Å². The summed E-state index contributed by atoms with van der Waals surface area (Å²) in [7, 11) is 0. The van der Waals surface area contributed by atoms with Gasteiger partial charge in [0.2, 0.25) is 5.91 Å². The van der Waals surface area contributed by atoms with Crippen LogP contribution in [0.2, 0.25) is 0 Å². The van der Waals surface area contributed by atoms with Gasteiger partial charge in [0.1, 0.15) is 6.04 Å². The van der Waals surface area contributed by atoms with E-state index in [2.05, 4.69) is 6.58 Å². The molecule has 0 aliphatic carbocycles. The van der Waals surface area contributed by atoms with Gasteiger partial charge in [-0.2, -0.15) is 0 Å². The van der Waals surface area contributed by atoms with E-state index in [9.17, 15) is 9.59 Å². The maximum Gasteiger partial charge on any atom is 0.326 e. The van der Waals surface area contributed by atoms with Crippen LogP contribution in [0.4, 0.5) is 0 Å². The van der Waals surface area contributed by atoms with E-state index in [-0.39, 0.29) is 5.91 Å². The van der Waals surface area contributed by atoms with Crippen molar-refractivity contribution >= 4 is 23.6 Å². The Balaban J connectivity index is 2.43. The van der Waals surface area contributed by atoms with Crippen LogP contribution < -0.4 is 0 Å². The number of hydrogen-bond acceptors (Lipinski definition) is 3. The Morgan fingerprint density at radius 1 is 1.60 bits per heavy atom. The second-order valence-corrected chi connectivity index (χ2v) is 4.42. The van der Waals surface area contributed by atoms with Crippen LogP contribution >= 0.6 is 11.8 Å². The van der Waals surface area contributed by atoms with Crippen LogP contribution in [0.15, 0.2) is 12.7 Å². The summed E-state index contributed by atoms with van der Waals surface area (Å²) in [5.74, 6) is 0.0916. The molecule has 1 aliphatic heterocycles. The number of carboxylic acid groups (broad SMARTS) is 1. The van der Waals surface area contributed by atoms with Gasteiger partial charge in [-0.05, 0) is 12.8 Å². The van der Waals surface area contributed by atoms with E-state index in [1.165, 1.54) is 16.7 Å². The summed E-state index contributed by atoms with van der Waals surface area (Å²) in [6.45, 7) is 4.13. The first-order valence-electron chi connectivity index (χ1n) is 4.87. The van der Waals surface area contributed by atoms with Gasteiger partial charge in [-0.3, -0.25) is 4.79 Å². The van der Waals surface area contributed by atoms with Crippen LogP contribution in [0.5, 0.6) is 0 Å². The summed E-state index contributed by atoms with van der Waals surface area (Å²) in [6.07, 6.45) is 3.10. The monoisotopic (exact) mass is 229 g/mol.